The van der Waals surface area contributed by atoms with Crippen LogP contribution in [0, 0.1) is 23.7 Å². The third kappa shape index (κ3) is 4.49. The van der Waals surface area contributed by atoms with Gasteiger partial charge in [0.25, 0.3) is 0 Å². The molecule has 6 aliphatic rings. The maximum absolute atomic E-state index is 2.66. The Hall–Kier alpha value is -5.66. The summed E-state index contributed by atoms with van der Waals surface area (Å²) in [6, 6.07) is 62.4. The van der Waals surface area contributed by atoms with Crippen LogP contribution in [0.15, 0.2) is 164 Å². The lowest BCUT2D eigenvalue weighted by molar-refractivity contribution is -0.0399. The molecule has 0 N–H and O–H groups in total. The Morgan fingerprint density at radius 1 is 0.393 bits per heavy atom. The summed E-state index contributed by atoms with van der Waals surface area (Å²) in [7, 11) is 0. The number of hydrogen-bond acceptors (Lipinski definition) is 1. The molecule has 0 aliphatic heterocycles. The van der Waals surface area contributed by atoms with Crippen molar-refractivity contribution in [2.45, 2.75) is 56.8 Å². The van der Waals surface area contributed by atoms with Gasteiger partial charge in [0.1, 0.15) is 0 Å². The number of hydrogen-bond donors (Lipinski definition) is 0. The topological polar surface area (TPSA) is 3.24 Å². The fourth-order valence-electron chi connectivity index (χ4n) is 12.9. The molecule has 0 saturated heterocycles. The lowest BCUT2D eigenvalue weighted by atomic mass is 9.43. The molecule has 56 heavy (non-hydrogen) atoms. The molecule has 7 aromatic carbocycles. The normalized spacial score (nSPS) is 24.1. The SMILES string of the molecule is CC1(C)c2ccccc2-c2ccc(N(c3ccc4c(c3)C3(c5ccccc5-4)C4CC5CC(C4)CC3C5)c3ccc(-c4ccccc4)cc3-c3ccccc3)cc21. The average Bonchev–Trinajstić information content (AvgIpc) is 3.66. The van der Waals surface area contributed by atoms with E-state index in [2.05, 4.69) is 183 Å². The van der Waals surface area contributed by atoms with Crippen molar-refractivity contribution in [2.75, 3.05) is 4.90 Å². The molecule has 4 bridgehead atoms. The summed E-state index contributed by atoms with van der Waals surface area (Å²) < 4.78 is 0. The highest BCUT2D eigenvalue weighted by atomic mass is 15.1. The van der Waals surface area contributed by atoms with Gasteiger partial charge in [0.05, 0.1) is 5.69 Å². The van der Waals surface area contributed by atoms with E-state index in [-0.39, 0.29) is 10.8 Å². The molecule has 4 saturated carbocycles. The molecule has 0 atom stereocenters. The highest BCUT2D eigenvalue weighted by Crippen LogP contribution is 2.69. The Morgan fingerprint density at radius 3 is 1.57 bits per heavy atom. The Balaban J connectivity index is 1.11. The smallest absolute Gasteiger partial charge is 0.0540 e. The van der Waals surface area contributed by atoms with Gasteiger partial charge in [-0.05, 0) is 153 Å². The lowest BCUT2D eigenvalue weighted by Gasteiger charge is -2.61. The van der Waals surface area contributed by atoms with Crippen molar-refractivity contribution in [2.24, 2.45) is 23.7 Å². The third-order valence-electron chi connectivity index (χ3n) is 15.1. The molecule has 0 aromatic heterocycles. The van der Waals surface area contributed by atoms with E-state index in [9.17, 15) is 0 Å². The zero-order chi connectivity index (χ0) is 37.2. The van der Waals surface area contributed by atoms with Crippen LogP contribution in [-0.2, 0) is 10.8 Å². The van der Waals surface area contributed by atoms with Gasteiger partial charge in [0.2, 0.25) is 0 Å². The lowest BCUT2D eigenvalue weighted by Crippen LogP contribution is -2.55. The molecule has 0 unspecified atom stereocenters. The standard InChI is InChI=1S/C55H47N/c1-54(2)49-19-11-9-17-44(49)46-24-22-42(33-51(46)54)56(53-26-21-39(37-13-5-3-6-14-37)32-48(53)38-15-7-4-8-16-38)43-23-25-47-45-18-10-12-20-50(45)55(52(47)34-43)40-28-35-27-36(30-40)31-41(55)29-35/h3-26,32-36,40-41H,27-31H2,1-2H3. The van der Waals surface area contributed by atoms with E-state index >= 15 is 0 Å². The van der Waals surface area contributed by atoms with Crippen molar-refractivity contribution >= 4 is 17.1 Å². The molecule has 1 heteroatoms. The molecule has 272 valence electrons. The van der Waals surface area contributed by atoms with Gasteiger partial charge in [-0.1, -0.05) is 141 Å². The van der Waals surface area contributed by atoms with E-state index in [1.807, 2.05) is 0 Å². The van der Waals surface area contributed by atoms with Crippen LogP contribution in [-0.4, -0.2) is 0 Å². The summed E-state index contributed by atoms with van der Waals surface area (Å²) in [6.07, 6.45) is 7.00. The van der Waals surface area contributed by atoms with Crippen LogP contribution in [0.4, 0.5) is 17.1 Å². The second-order valence-electron chi connectivity index (χ2n) is 18.1. The van der Waals surface area contributed by atoms with Crippen LogP contribution in [0.2, 0.25) is 0 Å². The van der Waals surface area contributed by atoms with Gasteiger partial charge in [-0.2, -0.15) is 0 Å². The van der Waals surface area contributed by atoms with Crippen LogP contribution in [0.5, 0.6) is 0 Å². The van der Waals surface area contributed by atoms with E-state index in [0.29, 0.717) is 11.8 Å². The predicted octanol–water partition coefficient (Wildman–Crippen LogP) is 14.5. The first-order valence-corrected chi connectivity index (χ1v) is 21.0. The van der Waals surface area contributed by atoms with Crippen molar-refractivity contribution in [1.29, 1.82) is 0 Å². The first-order chi connectivity index (χ1) is 27.5. The maximum atomic E-state index is 2.66. The maximum Gasteiger partial charge on any atom is 0.0540 e. The molecule has 7 aromatic rings. The van der Waals surface area contributed by atoms with E-state index < -0.39 is 0 Å². The molecule has 1 nitrogen and oxygen atoms in total. The van der Waals surface area contributed by atoms with Crippen LogP contribution < -0.4 is 4.90 Å². The molecule has 1 spiro atoms. The zero-order valence-electron chi connectivity index (χ0n) is 32.4. The number of fused-ring (bicyclic) bond motifs is 6. The summed E-state index contributed by atoms with van der Waals surface area (Å²) in [4.78, 5) is 2.60. The second-order valence-corrected chi connectivity index (χ2v) is 18.1. The van der Waals surface area contributed by atoms with Gasteiger partial charge in [-0.25, -0.2) is 0 Å². The van der Waals surface area contributed by atoms with Crippen LogP contribution in [0.3, 0.4) is 0 Å². The van der Waals surface area contributed by atoms with E-state index in [1.54, 1.807) is 11.1 Å². The molecular formula is C55H47N. The molecular weight excluding hydrogens is 675 g/mol. The minimum absolute atomic E-state index is 0.0992. The zero-order valence-corrected chi connectivity index (χ0v) is 32.4. The summed E-state index contributed by atoms with van der Waals surface area (Å²) >= 11 is 0. The average molecular weight is 722 g/mol. The largest absolute Gasteiger partial charge is 0.310 e. The van der Waals surface area contributed by atoms with Crippen LogP contribution in [0.25, 0.3) is 44.5 Å². The number of anilines is 3. The third-order valence-corrected chi connectivity index (χ3v) is 15.1. The highest BCUT2D eigenvalue weighted by molar-refractivity contribution is 5.94. The number of benzene rings is 7. The Bertz CT molecular complexity index is 2660. The van der Waals surface area contributed by atoms with Gasteiger partial charge in [-0.3, -0.25) is 0 Å². The molecule has 0 heterocycles. The van der Waals surface area contributed by atoms with Gasteiger partial charge in [0.15, 0.2) is 0 Å². The second kappa shape index (κ2) is 11.9. The molecule has 0 radical (unpaired) electrons. The predicted molar refractivity (Wildman–Crippen MR) is 233 cm³/mol. The van der Waals surface area contributed by atoms with Crippen molar-refractivity contribution in [3.8, 4) is 44.5 Å². The van der Waals surface area contributed by atoms with Crippen molar-refractivity contribution in [1.82, 2.24) is 0 Å². The minimum atomic E-state index is -0.100. The quantitative estimate of drug-likeness (QED) is 0.171. The van der Waals surface area contributed by atoms with E-state index in [0.717, 1.165) is 11.8 Å². The Labute approximate surface area is 331 Å². The fourth-order valence-corrected chi connectivity index (χ4v) is 12.9. The fraction of sp³-hybridized carbons (Fsp3) is 0.236. The van der Waals surface area contributed by atoms with Gasteiger partial charge in [-0.15, -0.1) is 0 Å². The Kier molecular flexibility index (Phi) is 6.93. The molecule has 6 aliphatic carbocycles. The summed E-state index contributed by atoms with van der Waals surface area (Å²) in [5.41, 5.74) is 20.3. The Morgan fingerprint density at radius 2 is 0.911 bits per heavy atom. The summed E-state index contributed by atoms with van der Waals surface area (Å²) in [6.45, 7) is 4.80. The molecule has 4 fully saturated rings. The van der Waals surface area contributed by atoms with Crippen molar-refractivity contribution in [3.05, 3.63) is 186 Å². The first-order valence-electron chi connectivity index (χ1n) is 21.0. The van der Waals surface area contributed by atoms with Gasteiger partial charge in [0, 0.05) is 27.8 Å². The highest BCUT2D eigenvalue weighted by Gasteiger charge is 2.61. The number of nitrogens with zero attached hydrogens (tertiary/aromatic N) is 1. The van der Waals surface area contributed by atoms with Crippen molar-refractivity contribution in [3.63, 3.8) is 0 Å². The summed E-state index contributed by atoms with van der Waals surface area (Å²) in [5, 5.41) is 0. The van der Waals surface area contributed by atoms with E-state index in [1.165, 1.54) is 105 Å². The first kappa shape index (κ1) is 32.6. The minimum Gasteiger partial charge on any atom is -0.310 e. The van der Waals surface area contributed by atoms with Crippen molar-refractivity contribution < 1.29 is 0 Å². The monoisotopic (exact) mass is 721 g/mol. The van der Waals surface area contributed by atoms with E-state index in [4.69, 9.17) is 0 Å². The van der Waals surface area contributed by atoms with Crippen LogP contribution >= 0.6 is 0 Å². The molecule has 0 amide bonds. The molecule has 13 rings (SSSR count). The number of rotatable bonds is 5. The van der Waals surface area contributed by atoms with Gasteiger partial charge >= 0.3 is 0 Å². The summed E-state index contributed by atoms with van der Waals surface area (Å²) in [5.74, 6) is 3.26. The van der Waals surface area contributed by atoms with Crippen LogP contribution in [0.1, 0.15) is 68.2 Å². The van der Waals surface area contributed by atoms with Gasteiger partial charge < -0.3 is 4.90 Å².